The Morgan fingerprint density at radius 3 is 2.62 bits per heavy atom. The van der Waals surface area contributed by atoms with Gasteiger partial charge < -0.3 is 15.4 Å². The van der Waals surface area contributed by atoms with Gasteiger partial charge in [0.2, 0.25) is 0 Å². The van der Waals surface area contributed by atoms with Crippen molar-refractivity contribution in [2.24, 2.45) is 5.41 Å². The molecule has 1 aliphatic carbocycles. The number of carbonyl (C=O) groups is 1. The second-order valence-corrected chi connectivity index (χ2v) is 8.18. The lowest BCUT2D eigenvalue weighted by molar-refractivity contribution is -0.139. The maximum Gasteiger partial charge on any atom is 0.320 e. The fraction of sp³-hybridized carbons (Fsp3) is 0.600. The number of esters is 1. The molecule has 0 atom stereocenters. The molecule has 1 aromatic heterocycles. The summed E-state index contributed by atoms with van der Waals surface area (Å²) < 4.78 is 31.1. The van der Waals surface area contributed by atoms with E-state index in [1.165, 1.54) is 32.2 Å². The van der Waals surface area contributed by atoms with Crippen LogP contribution in [0.5, 0.6) is 0 Å². The quantitative estimate of drug-likeness (QED) is 0.740. The molecule has 3 N–H and O–H groups in total. The highest BCUT2D eigenvalue weighted by Gasteiger charge is 2.44. The van der Waals surface area contributed by atoms with E-state index in [-0.39, 0.29) is 5.03 Å². The Hall–Kier alpha value is -1.87. The van der Waals surface area contributed by atoms with Crippen molar-refractivity contribution < 1.29 is 17.9 Å². The van der Waals surface area contributed by atoms with Gasteiger partial charge in [-0.3, -0.25) is 4.79 Å². The van der Waals surface area contributed by atoms with Crippen LogP contribution in [0.3, 0.4) is 0 Å². The van der Waals surface area contributed by atoms with Crippen molar-refractivity contribution in [1.29, 1.82) is 0 Å². The maximum atomic E-state index is 12.3. The topological polar surface area (TPSA) is 115 Å². The van der Waals surface area contributed by atoms with Gasteiger partial charge in [-0.2, -0.15) is 4.72 Å². The van der Waals surface area contributed by atoms with Crippen LogP contribution in [0.15, 0.2) is 17.3 Å². The summed E-state index contributed by atoms with van der Waals surface area (Å²) in [6.07, 6.45) is 6.16. The Labute approximate surface area is 141 Å². The summed E-state index contributed by atoms with van der Waals surface area (Å²) in [6, 6.07) is 1.47. The van der Waals surface area contributed by atoms with Gasteiger partial charge in [0, 0.05) is 19.2 Å². The maximum absolute atomic E-state index is 12.3. The van der Waals surface area contributed by atoms with Crippen molar-refractivity contribution in [1.82, 2.24) is 9.71 Å². The third-order valence-corrected chi connectivity index (χ3v) is 6.22. The van der Waals surface area contributed by atoms with Crippen molar-refractivity contribution in [3.63, 3.8) is 0 Å². The smallest absolute Gasteiger partial charge is 0.320 e. The van der Waals surface area contributed by atoms with E-state index < -0.39 is 22.5 Å². The molecule has 0 radical (unpaired) electrons. The van der Waals surface area contributed by atoms with Crippen LogP contribution in [0.1, 0.15) is 25.7 Å². The van der Waals surface area contributed by atoms with Crippen LogP contribution < -0.4 is 15.4 Å². The average Bonchev–Trinajstić information content (AvgIpc) is 3.33. The number of nitrogen functional groups attached to an aromatic ring is 1. The number of nitrogens with two attached hydrogens (primary N) is 1. The molecule has 1 saturated heterocycles. The Morgan fingerprint density at radius 1 is 1.38 bits per heavy atom. The molecular formula is C15H22N4O4S. The fourth-order valence-electron chi connectivity index (χ4n) is 3.06. The first-order chi connectivity index (χ1) is 11.4. The zero-order valence-corrected chi connectivity index (χ0v) is 14.4. The molecule has 132 valence electrons. The van der Waals surface area contributed by atoms with E-state index in [0.29, 0.717) is 16.8 Å². The summed E-state index contributed by atoms with van der Waals surface area (Å²) in [4.78, 5) is 17.1. The molecule has 1 saturated carbocycles. The van der Waals surface area contributed by atoms with Crippen molar-refractivity contribution in [3.8, 4) is 0 Å². The van der Waals surface area contributed by atoms with Crippen molar-refractivity contribution >= 4 is 27.4 Å². The van der Waals surface area contributed by atoms with Gasteiger partial charge in [-0.25, -0.2) is 13.4 Å². The molecule has 1 aliphatic heterocycles. The van der Waals surface area contributed by atoms with Gasteiger partial charge >= 0.3 is 5.97 Å². The molecule has 0 amide bonds. The minimum absolute atomic E-state index is 0.151. The monoisotopic (exact) mass is 354 g/mol. The van der Waals surface area contributed by atoms with Gasteiger partial charge in [-0.1, -0.05) is 0 Å². The molecule has 2 fully saturated rings. The number of hydrogen-bond acceptors (Lipinski definition) is 7. The molecule has 2 heterocycles. The lowest BCUT2D eigenvalue weighted by atomic mass is 9.93. The first-order valence-electron chi connectivity index (χ1n) is 7.92. The number of nitrogens with zero attached hydrogens (tertiary/aromatic N) is 2. The minimum atomic E-state index is -3.90. The van der Waals surface area contributed by atoms with E-state index in [1.807, 2.05) is 0 Å². The highest BCUT2D eigenvalue weighted by atomic mass is 32.2. The highest BCUT2D eigenvalue weighted by Crippen LogP contribution is 2.54. The minimum Gasteiger partial charge on any atom is -0.468 e. The number of pyridine rings is 1. The van der Waals surface area contributed by atoms with Crippen LogP contribution in [0, 0.1) is 5.41 Å². The second kappa shape index (κ2) is 6.21. The first-order valence-corrected chi connectivity index (χ1v) is 9.41. The Morgan fingerprint density at radius 2 is 2.04 bits per heavy atom. The number of sulfonamides is 1. The summed E-state index contributed by atoms with van der Waals surface area (Å²) in [6.45, 7) is 1.29. The molecule has 8 nitrogen and oxygen atoms in total. The first kappa shape index (κ1) is 17.0. The van der Waals surface area contributed by atoms with Crippen LogP contribution in [-0.4, -0.2) is 46.1 Å². The third kappa shape index (κ3) is 3.46. The molecule has 0 bridgehead atoms. The molecular weight excluding hydrogens is 332 g/mol. The largest absolute Gasteiger partial charge is 0.468 e. The summed E-state index contributed by atoms with van der Waals surface area (Å²) >= 11 is 0. The number of methoxy groups -OCH3 is 1. The second-order valence-electron chi connectivity index (χ2n) is 6.47. The summed E-state index contributed by atoms with van der Waals surface area (Å²) in [7, 11) is -2.70. The summed E-state index contributed by atoms with van der Waals surface area (Å²) in [5, 5.41) is -0.151. The Kier molecular flexibility index (Phi) is 4.39. The van der Waals surface area contributed by atoms with Gasteiger partial charge in [0.25, 0.3) is 10.0 Å². The Bertz CT molecular complexity index is 736. The zero-order valence-electron chi connectivity index (χ0n) is 13.6. The molecule has 2 aliphatic rings. The molecule has 3 rings (SSSR count). The fourth-order valence-corrected chi connectivity index (χ4v) is 3.97. The number of carbonyl (C=O) groups excluding carboxylic acids is 1. The van der Waals surface area contributed by atoms with Crippen LogP contribution in [0.2, 0.25) is 0 Å². The van der Waals surface area contributed by atoms with Crippen LogP contribution in [0.25, 0.3) is 0 Å². The molecule has 1 aromatic rings. The van der Waals surface area contributed by atoms with Crippen molar-refractivity contribution in [3.05, 3.63) is 12.3 Å². The number of ether oxygens (including phenoxy) is 1. The third-order valence-electron chi connectivity index (χ3n) is 4.92. The molecule has 9 heteroatoms. The standard InChI is InChI=1S/C15H22N4O4S/c1-23-14(20)10-18-24(21,22)13-8-12(11(16)9-17-13)19-6-4-15(2-3-15)5-7-19/h8-9,18H,2-7,10,16H2,1H3. The summed E-state index contributed by atoms with van der Waals surface area (Å²) in [5.74, 6) is -0.667. The van der Waals surface area contributed by atoms with Crippen molar-refractivity contribution in [2.45, 2.75) is 30.7 Å². The average molecular weight is 354 g/mol. The number of nitrogens with one attached hydrogen (secondary N) is 1. The predicted octanol–water partition coefficient (Wildman–Crippen LogP) is 0.495. The lowest BCUT2D eigenvalue weighted by Crippen LogP contribution is -2.35. The van der Waals surface area contributed by atoms with Crippen molar-refractivity contribution in [2.75, 3.05) is 37.4 Å². The number of rotatable bonds is 5. The van der Waals surface area contributed by atoms with E-state index in [2.05, 4.69) is 19.3 Å². The normalized spacial score (nSPS) is 19.3. The SMILES string of the molecule is COC(=O)CNS(=O)(=O)c1cc(N2CCC3(CC2)CC3)c(N)cn1. The lowest BCUT2D eigenvalue weighted by Gasteiger charge is -2.34. The van der Waals surface area contributed by atoms with Gasteiger partial charge in [0.05, 0.1) is 24.7 Å². The van der Waals surface area contributed by atoms with Gasteiger partial charge in [-0.15, -0.1) is 0 Å². The molecule has 0 aromatic carbocycles. The van der Waals surface area contributed by atoms with E-state index in [4.69, 9.17) is 5.73 Å². The van der Waals surface area contributed by atoms with E-state index in [9.17, 15) is 13.2 Å². The van der Waals surface area contributed by atoms with E-state index >= 15 is 0 Å². The van der Waals surface area contributed by atoms with E-state index in [0.717, 1.165) is 25.9 Å². The van der Waals surface area contributed by atoms with Gasteiger partial charge in [-0.05, 0) is 31.1 Å². The summed E-state index contributed by atoms with van der Waals surface area (Å²) in [5.41, 5.74) is 7.65. The molecule has 0 unspecified atom stereocenters. The van der Waals surface area contributed by atoms with E-state index in [1.54, 1.807) is 0 Å². The van der Waals surface area contributed by atoms with Crippen LogP contribution in [-0.2, 0) is 19.6 Å². The predicted molar refractivity (Wildman–Crippen MR) is 89.0 cm³/mol. The molecule has 1 spiro atoms. The zero-order chi connectivity index (χ0) is 17.4. The number of aromatic nitrogens is 1. The number of anilines is 2. The molecule has 24 heavy (non-hydrogen) atoms. The number of hydrogen-bond donors (Lipinski definition) is 2. The van der Waals surface area contributed by atoms with Crippen LogP contribution in [0.4, 0.5) is 11.4 Å². The van der Waals surface area contributed by atoms with Gasteiger partial charge in [0.15, 0.2) is 5.03 Å². The van der Waals surface area contributed by atoms with Gasteiger partial charge in [0.1, 0.15) is 6.54 Å². The number of piperidine rings is 1. The van der Waals surface area contributed by atoms with Crippen LogP contribution >= 0.6 is 0 Å². The highest BCUT2D eigenvalue weighted by molar-refractivity contribution is 7.89. The Balaban J connectivity index is 1.77.